The highest BCUT2D eigenvalue weighted by Crippen LogP contribution is 2.33. The number of hydrogen-bond acceptors (Lipinski definition) is 8. The second-order valence-corrected chi connectivity index (χ2v) is 11.3. The lowest BCUT2D eigenvalue weighted by Crippen LogP contribution is -2.42. The smallest absolute Gasteiger partial charge is 0.321 e. The number of aliphatic carboxylic acids is 1. The van der Waals surface area contributed by atoms with Crippen molar-refractivity contribution < 1.29 is 38.5 Å². The van der Waals surface area contributed by atoms with E-state index in [2.05, 4.69) is 5.32 Å². The number of unbranched alkanes of at least 4 members (excludes halogenated alkanes) is 2. The maximum absolute atomic E-state index is 12.5. The molecule has 0 heterocycles. The summed E-state index contributed by atoms with van der Waals surface area (Å²) in [5.41, 5.74) is -1.04. The maximum Gasteiger partial charge on any atom is 0.321 e. The number of nitrogens with one attached hydrogen (secondary N) is 1. The maximum atomic E-state index is 12.5. The molecule has 1 aromatic carbocycles. The summed E-state index contributed by atoms with van der Waals surface area (Å²) < 4.78 is 16.4. The first kappa shape index (κ1) is 32.1. The van der Waals surface area contributed by atoms with Crippen molar-refractivity contribution in [2.24, 2.45) is 10.8 Å². The zero-order valence-electron chi connectivity index (χ0n) is 23.4. The van der Waals surface area contributed by atoms with E-state index in [1.807, 2.05) is 6.92 Å². The first-order valence-electron chi connectivity index (χ1n) is 12.8. The van der Waals surface area contributed by atoms with Gasteiger partial charge in [0.15, 0.2) is 11.5 Å². The van der Waals surface area contributed by atoms with Gasteiger partial charge in [0.2, 0.25) is 0 Å². The van der Waals surface area contributed by atoms with Crippen LogP contribution in [0.4, 0.5) is 0 Å². The number of benzene rings is 1. The molecule has 0 aliphatic rings. The monoisotopic (exact) mass is 521 g/mol. The highest BCUT2D eigenvalue weighted by Gasteiger charge is 2.29. The van der Waals surface area contributed by atoms with Gasteiger partial charge >= 0.3 is 23.9 Å². The van der Waals surface area contributed by atoms with Crippen LogP contribution in [0, 0.1) is 10.8 Å². The molecule has 0 radical (unpaired) electrons. The average Bonchev–Trinajstić information content (AvgIpc) is 2.76. The fourth-order valence-corrected chi connectivity index (χ4v) is 2.98. The number of rotatable bonds is 13. The van der Waals surface area contributed by atoms with Gasteiger partial charge in [0, 0.05) is 13.0 Å². The molecule has 1 rings (SSSR count). The Kier molecular flexibility index (Phi) is 12.2. The van der Waals surface area contributed by atoms with Crippen molar-refractivity contribution in [1.82, 2.24) is 5.32 Å². The van der Waals surface area contributed by atoms with Gasteiger partial charge in [-0.15, -0.1) is 0 Å². The average molecular weight is 522 g/mol. The highest BCUT2D eigenvalue weighted by atomic mass is 16.6. The summed E-state index contributed by atoms with van der Waals surface area (Å²) in [7, 11) is 0. The van der Waals surface area contributed by atoms with Gasteiger partial charge in [0.05, 0.1) is 10.8 Å². The summed E-state index contributed by atoms with van der Waals surface area (Å²) in [5.74, 6) is -2.31. The molecule has 0 saturated heterocycles. The van der Waals surface area contributed by atoms with Gasteiger partial charge in [0.25, 0.3) is 0 Å². The molecule has 0 aliphatic heterocycles. The molecule has 0 bridgehead atoms. The quantitative estimate of drug-likeness (QED) is 0.216. The highest BCUT2D eigenvalue weighted by molar-refractivity contribution is 5.81. The van der Waals surface area contributed by atoms with Crippen LogP contribution in [-0.2, 0) is 30.3 Å². The topological polar surface area (TPSA) is 128 Å². The molecule has 1 aromatic rings. The summed E-state index contributed by atoms with van der Waals surface area (Å²) in [5, 5.41) is 12.7. The second kappa shape index (κ2) is 14.1. The molecule has 208 valence electrons. The summed E-state index contributed by atoms with van der Waals surface area (Å²) in [6, 6.07) is 3.62. The van der Waals surface area contributed by atoms with E-state index in [0.29, 0.717) is 12.0 Å². The molecular weight excluding hydrogens is 478 g/mol. The number of ether oxygens (including phenoxy) is 3. The predicted octanol–water partition coefficient (Wildman–Crippen LogP) is 4.69. The molecule has 0 aromatic heterocycles. The first-order valence-corrected chi connectivity index (χ1v) is 12.8. The number of hydrogen-bond donors (Lipinski definition) is 2. The van der Waals surface area contributed by atoms with E-state index >= 15 is 0 Å². The molecule has 0 aliphatic carbocycles. The Labute approximate surface area is 220 Å². The minimum absolute atomic E-state index is 0.0357. The lowest BCUT2D eigenvalue weighted by Gasteiger charge is -2.22. The molecular formula is C28H43NO8. The van der Waals surface area contributed by atoms with E-state index in [1.54, 1.807) is 54.5 Å². The van der Waals surface area contributed by atoms with E-state index in [-0.39, 0.29) is 30.4 Å². The number of carboxylic acid groups (broad SMARTS) is 1. The van der Waals surface area contributed by atoms with E-state index in [9.17, 15) is 24.3 Å². The van der Waals surface area contributed by atoms with Crippen molar-refractivity contribution in [3.05, 3.63) is 23.8 Å². The molecule has 2 N–H and O–H groups in total. The van der Waals surface area contributed by atoms with Crippen LogP contribution < -0.4 is 14.8 Å². The number of carboxylic acids is 1. The second-order valence-electron chi connectivity index (χ2n) is 11.3. The molecule has 0 amide bonds. The SMILES string of the molecule is CCCCCC(=O)OC(C)CN[C@@H](Cc1ccc(OC(=O)C(C)(C)C)c(OC(=O)C(C)(C)C)c1)C(=O)O. The van der Waals surface area contributed by atoms with E-state index in [4.69, 9.17) is 14.2 Å². The molecule has 37 heavy (non-hydrogen) atoms. The molecule has 1 unspecified atom stereocenters. The van der Waals surface area contributed by atoms with Crippen molar-refractivity contribution in [2.75, 3.05) is 6.54 Å². The van der Waals surface area contributed by atoms with Gasteiger partial charge < -0.3 is 24.6 Å². The molecule has 0 saturated carbocycles. The standard InChI is InChI=1S/C28H43NO8/c1-9-10-11-12-23(30)35-18(2)17-29-20(24(31)32)15-19-13-14-21(36-25(33)27(3,4)5)22(16-19)37-26(34)28(6,7)8/h13-14,16,18,20,29H,9-12,15,17H2,1-8H3,(H,31,32)/t18?,20-/m0/s1. The van der Waals surface area contributed by atoms with Crippen LogP contribution in [0.1, 0.15) is 86.6 Å². The van der Waals surface area contributed by atoms with Gasteiger partial charge in [-0.05, 0) is 79.0 Å². The van der Waals surface area contributed by atoms with Gasteiger partial charge in [-0.1, -0.05) is 25.8 Å². The third-order valence-electron chi connectivity index (χ3n) is 5.34. The normalized spacial score (nSPS) is 13.4. The molecule has 9 heteroatoms. The van der Waals surface area contributed by atoms with Crippen molar-refractivity contribution in [3.8, 4) is 11.5 Å². The molecule has 0 spiro atoms. The van der Waals surface area contributed by atoms with Crippen molar-refractivity contribution in [3.63, 3.8) is 0 Å². The summed E-state index contributed by atoms with van der Waals surface area (Å²) in [6.45, 7) is 14.1. The van der Waals surface area contributed by atoms with Crippen molar-refractivity contribution in [1.29, 1.82) is 0 Å². The summed E-state index contributed by atoms with van der Waals surface area (Å²) >= 11 is 0. The summed E-state index contributed by atoms with van der Waals surface area (Å²) in [4.78, 5) is 48.8. The molecule has 0 fully saturated rings. The largest absolute Gasteiger partial charge is 0.480 e. The first-order chi connectivity index (χ1) is 17.0. The summed E-state index contributed by atoms with van der Waals surface area (Å²) in [6.07, 6.45) is 2.60. The Bertz CT molecular complexity index is 942. The van der Waals surface area contributed by atoms with E-state index < -0.39 is 40.9 Å². The van der Waals surface area contributed by atoms with Gasteiger partial charge in [-0.2, -0.15) is 0 Å². The van der Waals surface area contributed by atoms with Crippen molar-refractivity contribution >= 4 is 23.9 Å². The van der Waals surface area contributed by atoms with Crippen LogP contribution in [0.3, 0.4) is 0 Å². The number of carbonyl (C=O) groups excluding carboxylic acids is 3. The zero-order chi connectivity index (χ0) is 28.4. The lowest BCUT2D eigenvalue weighted by molar-refractivity contribution is -0.148. The minimum Gasteiger partial charge on any atom is -0.480 e. The van der Waals surface area contributed by atoms with Crippen LogP contribution in [0.5, 0.6) is 11.5 Å². The fourth-order valence-electron chi connectivity index (χ4n) is 2.98. The van der Waals surface area contributed by atoms with E-state index in [1.165, 1.54) is 12.1 Å². The zero-order valence-corrected chi connectivity index (χ0v) is 23.4. The Hall–Kier alpha value is -2.94. The Morgan fingerprint density at radius 1 is 0.919 bits per heavy atom. The Balaban J connectivity index is 3.00. The van der Waals surface area contributed by atoms with Gasteiger partial charge in [0.1, 0.15) is 12.1 Å². The van der Waals surface area contributed by atoms with Crippen LogP contribution in [0.25, 0.3) is 0 Å². The lowest BCUT2D eigenvalue weighted by atomic mass is 9.97. The minimum atomic E-state index is -1.09. The molecule has 9 nitrogen and oxygen atoms in total. The van der Waals surface area contributed by atoms with Crippen molar-refractivity contribution in [2.45, 2.75) is 99.6 Å². The fraction of sp³-hybridized carbons (Fsp3) is 0.643. The predicted molar refractivity (Wildman–Crippen MR) is 139 cm³/mol. The number of esters is 3. The van der Waals surface area contributed by atoms with Crippen LogP contribution in [0.15, 0.2) is 18.2 Å². The van der Waals surface area contributed by atoms with Crippen LogP contribution >= 0.6 is 0 Å². The third-order valence-corrected chi connectivity index (χ3v) is 5.34. The Morgan fingerprint density at radius 3 is 2.00 bits per heavy atom. The van der Waals surface area contributed by atoms with Gasteiger partial charge in [-0.3, -0.25) is 19.2 Å². The number of carbonyl (C=O) groups is 4. The molecule has 2 atom stereocenters. The van der Waals surface area contributed by atoms with Gasteiger partial charge in [-0.25, -0.2) is 0 Å². The van der Waals surface area contributed by atoms with Crippen LogP contribution in [-0.4, -0.2) is 47.7 Å². The third kappa shape index (κ3) is 11.8. The van der Waals surface area contributed by atoms with Crippen LogP contribution in [0.2, 0.25) is 0 Å². The van der Waals surface area contributed by atoms with E-state index in [0.717, 1.165) is 19.3 Å². The Morgan fingerprint density at radius 2 is 1.49 bits per heavy atom.